The summed E-state index contributed by atoms with van der Waals surface area (Å²) in [7, 11) is 0. The van der Waals surface area contributed by atoms with E-state index >= 15 is 0 Å². The van der Waals surface area contributed by atoms with Gasteiger partial charge in [-0.15, -0.1) is 0 Å². The number of aliphatic hydroxyl groups is 1. The standard InChI is InChI=1S/C15H19FN2O2S/c1-9(10-5-7-11(16)8-6-10)17-13-18-12(19)15(4,21-13)14(2,3)20/h5-9,20H,1-4H3,(H,17,18,19)/t9-,15-/m0/s1. The average Bonchev–Trinajstić information content (AvgIpc) is 2.66. The minimum absolute atomic E-state index is 0.117. The van der Waals surface area contributed by atoms with Crippen LogP contribution in [0, 0.1) is 5.82 Å². The van der Waals surface area contributed by atoms with Gasteiger partial charge in [-0.25, -0.2) is 4.39 Å². The number of rotatable bonds is 3. The molecule has 0 fully saturated rings. The summed E-state index contributed by atoms with van der Waals surface area (Å²) < 4.78 is 11.9. The van der Waals surface area contributed by atoms with E-state index < -0.39 is 10.3 Å². The van der Waals surface area contributed by atoms with Crippen LogP contribution in [0.4, 0.5) is 4.39 Å². The molecule has 1 aromatic carbocycles. The summed E-state index contributed by atoms with van der Waals surface area (Å²) in [5.41, 5.74) is -0.287. The highest BCUT2D eigenvalue weighted by Gasteiger charge is 2.51. The molecule has 0 saturated heterocycles. The molecule has 2 atom stereocenters. The van der Waals surface area contributed by atoms with Crippen LogP contribution in [0.25, 0.3) is 0 Å². The summed E-state index contributed by atoms with van der Waals surface area (Å²) in [6, 6.07) is 6.04. The van der Waals surface area contributed by atoms with Crippen LogP contribution in [-0.4, -0.2) is 26.5 Å². The molecule has 21 heavy (non-hydrogen) atoms. The Kier molecular flexibility index (Phi) is 4.13. The van der Waals surface area contributed by atoms with Crippen molar-refractivity contribution in [3.05, 3.63) is 35.6 Å². The van der Waals surface area contributed by atoms with Crippen molar-refractivity contribution in [3.63, 3.8) is 0 Å². The van der Waals surface area contributed by atoms with Crippen molar-refractivity contribution in [2.75, 3.05) is 0 Å². The Morgan fingerprint density at radius 1 is 1.38 bits per heavy atom. The van der Waals surface area contributed by atoms with Gasteiger partial charge in [0.1, 0.15) is 10.6 Å². The number of aliphatic imine (C=N–C) groups is 1. The Morgan fingerprint density at radius 2 is 1.95 bits per heavy atom. The fourth-order valence-electron chi connectivity index (χ4n) is 1.93. The van der Waals surface area contributed by atoms with Crippen LogP contribution in [0.5, 0.6) is 0 Å². The Hall–Kier alpha value is -1.40. The van der Waals surface area contributed by atoms with Gasteiger partial charge in [0.2, 0.25) is 0 Å². The molecule has 4 nitrogen and oxygen atoms in total. The van der Waals surface area contributed by atoms with Gasteiger partial charge < -0.3 is 10.4 Å². The van der Waals surface area contributed by atoms with Crippen LogP contribution in [-0.2, 0) is 4.79 Å². The van der Waals surface area contributed by atoms with Gasteiger partial charge in [0.15, 0.2) is 5.17 Å². The summed E-state index contributed by atoms with van der Waals surface area (Å²) in [6.07, 6.45) is 0. The second-order valence-corrected chi connectivity index (χ2v) is 7.24. The van der Waals surface area contributed by atoms with Gasteiger partial charge in [-0.1, -0.05) is 23.9 Å². The number of carbonyl (C=O) groups is 1. The number of hydrogen-bond donors (Lipinski definition) is 2. The van der Waals surface area contributed by atoms with E-state index in [1.54, 1.807) is 32.9 Å². The first-order valence-electron chi connectivity index (χ1n) is 6.70. The fourth-order valence-corrected chi connectivity index (χ4v) is 3.06. The van der Waals surface area contributed by atoms with Crippen molar-refractivity contribution in [2.45, 2.75) is 44.1 Å². The van der Waals surface area contributed by atoms with Gasteiger partial charge in [-0.05, 0) is 45.4 Å². The van der Waals surface area contributed by atoms with E-state index in [-0.39, 0.29) is 17.8 Å². The number of thioether (sulfide) groups is 1. The molecule has 0 spiro atoms. The summed E-state index contributed by atoms with van der Waals surface area (Å²) in [5.74, 6) is -0.642. The molecule has 1 amide bonds. The first kappa shape index (κ1) is 16.0. The second kappa shape index (κ2) is 5.42. The number of hydrogen-bond acceptors (Lipinski definition) is 4. The van der Waals surface area contributed by atoms with Gasteiger partial charge in [0, 0.05) is 0 Å². The highest BCUT2D eigenvalue weighted by molar-refractivity contribution is 8.16. The third-order valence-corrected chi connectivity index (χ3v) is 5.27. The topological polar surface area (TPSA) is 61.7 Å². The molecule has 1 aliphatic rings. The molecule has 2 rings (SSSR count). The SMILES string of the molecule is C[C@H](NC1=NC(=O)[C@@](C)(C(C)(C)O)S1)c1ccc(F)cc1. The fraction of sp³-hybridized carbons (Fsp3) is 0.467. The minimum atomic E-state index is -1.18. The van der Waals surface area contributed by atoms with E-state index in [1.807, 2.05) is 6.92 Å². The zero-order valence-corrected chi connectivity index (χ0v) is 13.3. The predicted molar refractivity (Wildman–Crippen MR) is 82.7 cm³/mol. The maximum absolute atomic E-state index is 12.9. The normalized spacial score (nSPS) is 23.9. The molecule has 0 aromatic heterocycles. The third-order valence-electron chi connectivity index (χ3n) is 3.79. The van der Waals surface area contributed by atoms with Crippen LogP contribution >= 0.6 is 11.8 Å². The Labute approximate surface area is 127 Å². The molecular weight excluding hydrogens is 291 g/mol. The van der Waals surface area contributed by atoms with Gasteiger partial charge >= 0.3 is 0 Å². The van der Waals surface area contributed by atoms with Crippen LogP contribution in [0.1, 0.15) is 39.3 Å². The highest BCUT2D eigenvalue weighted by Crippen LogP contribution is 2.41. The number of halogens is 1. The van der Waals surface area contributed by atoms with Crippen LogP contribution in [0.15, 0.2) is 29.3 Å². The van der Waals surface area contributed by atoms with Crippen molar-refractivity contribution >= 4 is 22.8 Å². The third kappa shape index (κ3) is 3.11. The molecule has 1 aliphatic heterocycles. The number of carbonyl (C=O) groups excluding carboxylic acids is 1. The maximum Gasteiger partial charge on any atom is 0.267 e. The Morgan fingerprint density at radius 3 is 2.43 bits per heavy atom. The average molecular weight is 310 g/mol. The van der Waals surface area contributed by atoms with Crippen molar-refractivity contribution in [3.8, 4) is 0 Å². The van der Waals surface area contributed by atoms with Gasteiger partial charge in [0.05, 0.1) is 11.6 Å². The number of amidine groups is 1. The zero-order valence-electron chi connectivity index (χ0n) is 12.5. The Bertz CT molecular complexity index is 580. The second-order valence-electron chi connectivity index (χ2n) is 5.83. The number of amides is 1. The van der Waals surface area contributed by atoms with E-state index in [4.69, 9.17) is 0 Å². The number of nitrogens with zero attached hydrogens (tertiary/aromatic N) is 1. The summed E-state index contributed by atoms with van der Waals surface area (Å²) in [6.45, 7) is 6.78. The van der Waals surface area contributed by atoms with E-state index in [9.17, 15) is 14.3 Å². The van der Waals surface area contributed by atoms with Crippen molar-refractivity contribution in [1.82, 2.24) is 5.32 Å². The van der Waals surface area contributed by atoms with E-state index in [0.717, 1.165) is 5.56 Å². The molecule has 0 unspecified atom stereocenters. The smallest absolute Gasteiger partial charge is 0.267 e. The lowest BCUT2D eigenvalue weighted by molar-refractivity contribution is -0.124. The van der Waals surface area contributed by atoms with Gasteiger partial charge in [-0.3, -0.25) is 4.79 Å². The molecule has 1 heterocycles. The van der Waals surface area contributed by atoms with Crippen molar-refractivity contribution < 1.29 is 14.3 Å². The predicted octanol–water partition coefficient (Wildman–Crippen LogP) is 2.64. The largest absolute Gasteiger partial charge is 0.388 e. The quantitative estimate of drug-likeness (QED) is 0.901. The molecule has 0 bridgehead atoms. The van der Waals surface area contributed by atoms with E-state index in [2.05, 4.69) is 10.3 Å². The molecule has 114 valence electrons. The van der Waals surface area contributed by atoms with Crippen molar-refractivity contribution in [1.29, 1.82) is 0 Å². The van der Waals surface area contributed by atoms with Crippen LogP contribution < -0.4 is 5.32 Å². The zero-order chi connectivity index (χ0) is 15.8. The lowest BCUT2D eigenvalue weighted by Crippen LogP contribution is -2.49. The Balaban J connectivity index is 2.10. The van der Waals surface area contributed by atoms with Crippen molar-refractivity contribution in [2.24, 2.45) is 4.99 Å². The number of nitrogens with one attached hydrogen (secondary N) is 1. The first-order valence-corrected chi connectivity index (χ1v) is 7.51. The van der Waals surface area contributed by atoms with E-state index in [0.29, 0.717) is 5.17 Å². The monoisotopic (exact) mass is 310 g/mol. The summed E-state index contributed by atoms with van der Waals surface area (Å²) in [4.78, 5) is 16.0. The molecule has 1 aromatic rings. The number of benzene rings is 1. The molecular formula is C15H19FN2O2S. The highest BCUT2D eigenvalue weighted by atomic mass is 32.2. The lowest BCUT2D eigenvalue weighted by Gasteiger charge is -2.33. The maximum atomic E-state index is 12.9. The lowest BCUT2D eigenvalue weighted by atomic mass is 9.91. The molecule has 0 saturated carbocycles. The molecule has 0 radical (unpaired) electrons. The summed E-state index contributed by atoms with van der Waals surface area (Å²) >= 11 is 1.22. The first-order chi connectivity index (χ1) is 9.63. The molecule has 2 N–H and O–H groups in total. The van der Waals surface area contributed by atoms with Crippen LogP contribution in [0.2, 0.25) is 0 Å². The molecule has 6 heteroatoms. The van der Waals surface area contributed by atoms with E-state index in [1.165, 1.54) is 23.9 Å². The van der Waals surface area contributed by atoms with Crippen LogP contribution in [0.3, 0.4) is 0 Å². The van der Waals surface area contributed by atoms with Gasteiger partial charge in [-0.2, -0.15) is 4.99 Å². The molecule has 0 aliphatic carbocycles. The van der Waals surface area contributed by atoms with Gasteiger partial charge in [0.25, 0.3) is 5.91 Å². The minimum Gasteiger partial charge on any atom is -0.388 e. The summed E-state index contributed by atoms with van der Waals surface area (Å²) in [5, 5.41) is 13.8.